The van der Waals surface area contributed by atoms with Crippen LogP contribution in [0.5, 0.6) is 0 Å². The van der Waals surface area contributed by atoms with Crippen LogP contribution >= 0.6 is 11.3 Å². The molecule has 1 aliphatic rings. The van der Waals surface area contributed by atoms with Crippen molar-refractivity contribution in [2.24, 2.45) is 0 Å². The first-order chi connectivity index (χ1) is 8.91. The number of aromatic nitrogens is 1. The number of morpholine rings is 1. The molecule has 1 fully saturated rings. The third-order valence-electron chi connectivity index (χ3n) is 3.58. The average Bonchev–Trinajstić information content (AvgIpc) is 2.87. The molecule has 19 heavy (non-hydrogen) atoms. The average molecular weight is 280 g/mol. The smallest absolute Gasteiger partial charge is 0.123 e. The number of nitrogens with zero attached hydrogens (tertiary/aromatic N) is 2. The van der Waals surface area contributed by atoms with Crippen LogP contribution < -0.4 is 0 Å². The molecule has 0 saturated carbocycles. The summed E-state index contributed by atoms with van der Waals surface area (Å²) in [6.45, 7) is 15.3. The number of ether oxygens (including phenoxy) is 1. The zero-order chi connectivity index (χ0) is 14.0. The van der Waals surface area contributed by atoms with E-state index >= 15 is 0 Å². The van der Waals surface area contributed by atoms with E-state index in [1.165, 1.54) is 0 Å². The van der Waals surface area contributed by atoms with Crippen LogP contribution in [0.1, 0.15) is 44.5 Å². The minimum absolute atomic E-state index is 0.109. The highest BCUT2D eigenvalue weighted by Gasteiger charge is 2.27. The van der Waals surface area contributed by atoms with Crippen LogP contribution in [0.25, 0.3) is 0 Å². The van der Waals surface area contributed by atoms with Gasteiger partial charge in [0.15, 0.2) is 0 Å². The molecule has 0 bridgehead atoms. The Kier molecular flexibility index (Phi) is 4.43. The topological polar surface area (TPSA) is 25.4 Å². The Morgan fingerprint density at radius 1 is 1.58 bits per heavy atom. The quantitative estimate of drug-likeness (QED) is 0.794. The molecule has 0 radical (unpaired) electrons. The van der Waals surface area contributed by atoms with Crippen LogP contribution in [0.3, 0.4) is 0 Å². The minimum atomic E-state index is 0.109. The minimum Gasteiger partial charge on any atom is -0.368 e. The van der Waals surface area contributed by atoms with Gasteiger partial charge in [-0.15, -0.1) is 17.9 Å². The zero-order valence-corrected chi connectivity index (χ0v) is 13.2. The second-order valence-corrected chi connectivity index (χ2v) is 7.04. The van der Waals surface area contributed by atoms with Gasteiger partial charge in [0, 0.05) is 29.9 Å². The summed E-state index contributed by atoms with van der Waals surface area (Å²) in [5.74, 6) is 0. The van der Waals surface area contributed by atoms with Gasteiger partial charge in [0.05, 0.1) is 12.3 Å². The van der Waals surface area contributed by atoms with Gasteiger partial charge in [-0.3, -0.25) is 4.90 Å². The molecular formula is C15H24N2OS. The molecule has 1 aliphatic heterocycles. The van der Waals surface area contributed by atoms with Crippen LogP contribution in [0, 0.1) is 0 Å². The van der Waals surface area contributed by atoms with E-state index in [1.807, 2.05) is 6.08 Å². The lowest BCUT2D eigenvalue weighted by atomic mass is 9.93. The van der Waals surface area contributed by atoms with Gasteiger partial charge < -0.3 is 4.74 Å². The van der Waals surface area contributed by atoms with E-state index in [9.17, 15) is 0 Å². The van der Waals surface area contributed by atoms with E-state index in [0.717, 1.165) is 30.4 Å². The number of thiazole rings is 1. The van der Waals surface area contributed by atoms with Crippen molar-refractivity contribution in [2.75, 3.05) is 19.7 Å². The zero-order valence-electron chi connectivity index (χ0n) is 12.3. The van der Waals surface area contributed by atoms with Gasteiger partial charge in [-0.1, -0.05) is 26.8 Å². The van der Waals surface area contributed by atoms with Gasteiger partial charge in [-0.25, -0.2) is 4.98 Å². The van der Waals surface area contributed by atoms with Crippen LogP contribution in [-0.4, -0.2) is 35.6 Å². The van der Waals surface area contributed by atoms with Crippen molar-refractivity contribution in [1.29, 1.82) is 0 Å². The summed E-state index contributed by atoms with van der Waals surface area (Å²) in [6.07, 6.45) is 2.10. The molecule has 0 amide bonds. The molecule has 4 heteroatoms. The Morgan fingerprint density at radius 3 is 2.89 bits per heavy atom. The third-order valence-corrected chi connectivity index (χ3v) is 4.52. The first kappa shape index (κ1) is 14.7. The summed E-state index contributed by atoms with van der Waals surface area (Å²) < 4.78 is 5.89. The predicted molar refractivity (Wildman–Crippen MR) is 80.7 cm³/mol. The maximum Gasteiger partial charge on any atom is 0.123 e. The maximum atomic E-state index is 5.89. The Labute approximate surface area is 120 Å². The molecule has 0 N–H and O–H groups in total. The summed E-state index contributed by atoms with van der Waals surface area (Å²) in [4.78, 5) is 7.17. The molecule has 2 atom stereocenters. The Bertz CT molecular complexity index is 436. The Morgan fingerprint density at radius 2 is 2.32 bits per heavy atom. The molecule has 0 spiro atoms. The van der Waals surface area contributed by atoms with Gasteiger partial charge in [-0.2, -0.15) is 0 Å². The van der Waals surface area contributed by atoms with Crippen LogP contribution in [0.2, 0.25) is 0 Å². The fourth-order valence-electron chi connectivity index (χ4n) is 2.12. The largest absolute Gasteiger partial charge is 0.368 e. The van der Waals surface area contributed by atoms with Crippen molar-refractivity contribution < 1.29 is 4.74 Å². The van der Waals surface area contributed by atoms with Gasteiger partial charge in [0.25, 0.3) is 0 Å². The Balaban J connectivity index is 2.09. The first-order valence-corrected chi connectivity index (χ1v) is 7.74. The molecule has 2 heterocycles. The lowest BCUT2D eigenvalue weighted by Gasteiger charge is -2.34. The van der Waals surface area contributed by atoms with Crippen molar-refractivity contribution in [3.05, 3.63) is 28.7 Å². The van der Waals surface area contributed by atoms with Crippen molar-refractivity contribution in [1.82, 2.24) is 9.88 Å². The highest BCUT2D eigenvalue weighted by molar-refractivity contribution is 7.09. The fourth-order valence-corrected chi connectivity index (χ4v) is 3.20. The number of hydrogen-bond acceptors (Lipinski definition) is 4. The van der Waals surface area contributed by atoms with E-state index in [4.69, 9.17) is 9.72 Å². The van der Waals surface area contributed by atoms with Crippen molar-refractivity contribution >= 4 is 11.3 Å². The molecule has 1 saturated heterocycles. The van der Waals surface area contributed by atoms with Crippen LogP contribution in [-0.2, 0) is 10.2 Å². The molecule has 1 aromatic rings. The van der Waals surface area contributed by atoms with Crippen molar-refractivity contribution in [2.45, 2.75) is 45.3 Å². The molecular weight excluding hydrogens is 256 g/mol. The summed E-state index contributed by atoms with van der Waals surface area (Å²) in [6, 6.07) is 0.397. The van der Waals surface area contributed by atoms with Gasteiger partial charge in [-0.05, 0) is 6.92 Å². The van der Waals surface area contributed by atoms with E-state index in [2.05, 4.69) is 44.6 Å². The maximum absolute atomic E-state index is 5.89. The van der Waals surface area contributed by atoms with Crippen LogP contribution in [0.4, 0.5) is 0 Å². The highest BCUT2D eigenvalue weighted by atomic mass is 32.1. The summed E-state index contributed by atoms with van der Waals surface area (Å²) in [5.41, 5.74) is 1.27. The number of rotatable bonds is 3. The second-order valence-electron chi connectivity index (χ2n) is 6.15. The van der Waals surface area contributed by atoms with E-state index in [-0.39, 0.29) is 11.5 Å². The summed E-state index contributed by atoms with van der Waals surface area (Å²) >= 11 is 1.72. The van der Waals surface area contributed by atoms with E-state index in [1.54, 1.807) is 11.3 Å². The SMILES string of the molecule is C=CC(C)N1CCOC(c2nc(C(C)(C)C)cs2)C1. The van der Waals surface area contributed by atoms with Crippen LogP contribution in [0.15, 0.2) is 18.0 Å². The van der Waals surface area contributed by atoms with Crippen molar-refractivity contribution in [3.63, 3.8) is 0 Å². The molecule has 0 aromatic carbocycles. The van der Waals surface area contributed by atoms with Crippen molar-refractivity contribution in [3.8, 4) is 0 Å². The predicted octanol–water partition coefficient (Wildman–Crippen LogP) is 3.39. The summed E-state index contributed by atoms with van der Waals surface area (Å²) in [7, 11) is 0. The standard InChI is InChI=1S/C15H24N2OS/c1-6-11(2)17-7-8-18-12(9-17)14-16-13(10-19-14)15(3,4)5/h6,10-12H,1,7-9H2,2-5H3. The molecule has 3 nitrogen and oxygen atoms in total. The lowest BCUT2D eigenvalue weighted by Crippen LogP contribution is -2.42. The van der Waals surface area contributed by atoms with E-state index < -0.39 is 0 Å². The number of hydrogen-bond donors (Lipinski definition) is 0. The molecule has 106 valence electrons. The van der Waals surface area contributed by atoms with Gasteiger partial charge in [0.2, 0.25) is 0 Å². The van der Waals surface area contributed by atoms with E-state index in [0.29, 0.717) is 6.04 Å². The van der Waals surface area contributed by atoms with Gasteiger partial charge >= 0.3 is 0 Å². The molecule has 1 aromatic heterocycles. The molecule has 0 aliphatic carbocycles. The Hall–Kier alpha value is -0.710. The fraction of sp³-hybridized carbons (Fsp3) is 0.667. The summed E-state index contributed by atoms with van der Waals surface area (Å²) in [5, 5.41) is 3.26. The third kappa shape index (κ3) is 3.44. The highest BCUT2D eigenvalue weighted by Crippen LogP contribution is 2.30. The second kappa shape index (κ2) is 5.73. The molecule has 2 unspecified atom stereocenters. The lowest BCUT2D eigenvalue weighted by molar-refractivity contribution is -0.0368. The first-order valence-electron chi connectivity index (χ1n) is 6.86. The normalized spacial score (nSPS) is 23.3. The molecule has 2 rings (SSSR count). The monoisotopic (exact) mass is 280 g/mol. The van der Waals surface area contributed by atoms with Gasteiger partial charge in [0.1, 0.15) is 11.1 Å².